The zero-order chi connectivity index (χ0) is 36.6. The number of para-hydroxylation sites is 2. The predicted molar refractivity (Wildman–Crippen MR) is 221 cm³/mol. The van der Waals surface area contributed by atoms with Crippen LogP contribution in [0.4, 0.5) is 11.4 Å². The van der Waals surface area contributed by atoms with Gasteiger partial charge in [-0.2, -0.15) is 10.5 Å². The number of aromatic nitrogens is 1. The van der Waals surface area contributed by atoms with E-state index in [0.717, 1.165) is 79.1 Å². The van der Waals surface area contributed by atoms with Crippen LogP contribution < -0.4 is 4.90 Å². The van der Waals surface area contributed by atoms with Gasteiger partial charge >= 0.3 is 0 Å². The van der Waals surface area contributed by atoms with Gasteiger partial charge in [-0.05, 0) is 113 Å². The van der Waals surface area contributed by atoms with Crippen LogP contribution in [0.5, 0.6) is 0 Å². The molecule has 0 aliphatic carbocycles. The third-order valence-corrected chi connectivity index (χ3v) is 11.6. The monoisotopic (exact) mass is 705 g/mol. The Labute approximate surface area is 317 Å². The fourth-order valence-corrected chi connectivity index (χ4v) is 8.98. The molecule has 0 amide bonds. The van der Waals surface area contributed by atoms with Crippen molar-refractivity contribution in [3.8, 4) is 40.1 Å². The lowest BCUT2D eigenvalue weighted by Gasteiger charge is -2.29. The van der Waals surface area contributed by atoms with Gasteiger partial charge in [0, 0.05) is 57.3 Å². The first-order valence-electron chi connectivity index (χ1n) is 18.6. The summed E-state index contributed by atoms with van der Waals surface area (Å²) in [5, 5.41) is 23.4. The summed E-state index contributed by atoms with van der Waals surface area (Å²) in [6, 6.07) is 55.4. The largest absolute Gasteiger partial charge is 0.456 e. The maximum atomic E-state index is 9.59. The molecule has 0 spiro atoms. The van der Waals surface area contributed by atoms with E-state index >= 15 is 0 Å². The summed E-state index contributed by atoms with van der Waals surface area (Å²) in [6.07, 6.45) is 3.19. The van der Waals surface area contributed by atoms with Gasteiger partial charge in [0.15, 0.2) is 0 Å². The lowest BCUT2D eigenvalue weighted by Crippen LogP contribution is -2.34. The van der Waals surface area contributed by atoms with E-state index in [4.69, 9.17) is 9.41 Å². The summed E-state index contributed by atoms with van der Waals surface area (Å²) in [4.78, 5) is 7.16. The first kappa shape index (κ1) is 31.1. The van der Waals surface area contributed by atoms with Crippen LogP contribution in [0.3, 0.4) is 0 Å². The van der Waals surface area contributed by atoms with Gasteiger partial charge in [0.05, 0.1) is 28.2 Å². The molecule has 6 heteroatoms. The van der Waals surface area contributed by atoms with Crippen molar-refractivity contribution in [2.45, 2.75) is 18.4 Å². The van der Waals surface area contributed by atoms with Crippen molar-refractivity contribution in [3.05, 3.63) is 162 Å². The molecule has 0 saturated heterocycles. The highest BCUT2D eigenvalue weighted by Gasteiger charge is 2.39. The van der Waals surface area contributed by atoms with Crippen molar-refractivity contribution in [3.63, 3.8) is 0 Å². The summed E-state index contributed by atoms with van der Waals surface area (Å²) in [6.45, 7) is 0.857. The fraction of sp³-hybridized carbons (Fsp3) is 0.0816. The van der Waals surface area contributed by atoms with Crippen molar-refractivity contribution in [1.82, 2.24) is 4.57 Å². The Hall–Kier alpha value is -7.41. The van der Waals surface area contributed by atoms with Crippen LogP contribution in [0.25, 0.3) is 71.7 Å². The fourth-order valence-electron chi connectivity index (χ4n) is 8.98. The van der Waals surface area contributed by atoms with Gasteiger partial charge in [-0.15, -0.1) is 0 Å². The van der Waals surface area contributed by atoms with Gasteiger partial charge in [-0.25, -0.2) is 0 Å². The smallest absolute Gasteiger partial charge is 0.136 e. The number of benzene rings is 7. The summed E-state index contributed by atoms with van der Waals surface area (Å²) >= 11 is 0. The summed E-state index contributed by atoms with van der Waals surface area (Å²) in [7, 11) is 0. The molecule has 2 unspecified atom stereocenters. The molecular weight excluding hydrogens is 675 g/mol. The van der Waals surface area contributed by atoms with E-state index in [9.17, 15) is 10.5 Å². The average molecular weight is 706 g/mol. The second-order valence-corrected chi connectivity index (χ2v) is 14.5. The van der Waals surface area contributed by atoms with E-state index in [2.05, 4.69) is 155 Å². The SMILES string of the molecule is N#Cc1ccc(-c2ccc(-n3c4ccccc4c4cc5oc6ccc(-c7ccc8c(c7)C7CCN=CC7N8c7ccccc7)cc6c5cc43)cc2)cc1C#N. The molecule has 2 aliphatic heterocycles. The molecule has 6 nitrogen and oxygen atoms in total. The zero-order valence-electron chi connectivity index (χ0n) is 29.6. The number of hydrogen-bond donors (Lipinski definition) is 0. The van der Waals surface area contributed by atoms with Crippen LogP contribution in [0.1, 0.15) is 29.0 Å². The molecule has 9 aromatic rings. The minimum absolute atomic E-state index is 0.222. The summed E-state index contributed by atoms with van der Waals surface area (Å²) in [5.41, 5.74) is 13.8. The molecule has 4 heterocycles. The second kappa shape index (κ2) is 12.1. The summed E-state index contributed by atoms with van der Waals surface area (Å²) in [5.74, 6) is 0.398. The third kappa shape index (κ3) is 4.75. The van der Waals surface area contributed by atoms with Crippen molar-refractivity contribution in [2.75, 3.05) is 11.4 Å². The minimum atomic E-state index is 0.222. The molecule has 2 atom stereocenters. The van der Waals surface area contributed by atoms with Gasteiger partial charge < -0.3 is 13.9 Å². The Kier molecular flexibility index (Phi) is 6.83. The van der Waals surface area contributed by atoms with E-state index in [-0.39, 0.29) is 6.04 Å². The third-order valence-electron chi connectivity index (χ3n) is 11.6. The number of aliphatic imine (C=N–C) groups is 1. The van der Waals surface area contributed by atoms with Crippen LogP contribution in [0.2, 0.25) is 0 Å². The second-order valence-electron chi connectivity index (χ2n) is 14.5. The van der Waals surface area contributed by atoms with Gasteiger partial charge in [0.2, 0.25) is 0 Å². The standard InChI is InChI=1S/C49H31N5O/c50-27-34-11-10-31(22-35(34)28-51)30-12-16-37(17-13-30)53-44-9-5-4-8-38(44)41-26-49-43(25-46(41)53)42-24-33(15-19-48(42)55-49)32-14-18-45-40(23-32)39-20-21-52-29-47(39)54(45)36-6-2-1-3-7-36/h1-19,22-26,29,39,47H,20-21H2. The molecule has 0 bridgehead atoms. The number of hydrogen-bond acceptors (Lipinski definition) is 5. The quantitative estimate of drug-likeness (QED) is 0.182. The summed E-state index contributed by atoms with van der Waals surface area (Å²) < 4.78 is 8.87. The highest BCUT2D eigenvalue weighted by molar-refractivity contribution is 6.17. The number of anilines is 2. The normalized spacial score (nSPS) is 16.1. The van der Waals surface area contributed by atoms with Crippen LogP contribution in [-0.2, 0) is 0 Å². The maximum Gasteiger partial charge on any atom is 0.136 e. The topological polar surface area (TPSA) is 81.2 Å². The Morgan fingerprint density at radius 3 is 2.15 bits per heavy atom. The number of nitriles is 2. The van der Waals surface area contributed by atoms with Gasteiger partial charge in [-0.3, -0.25) is 4.99 Å². The van der Waals surface area contributed by atoms with Crippen LogP contribution in [-0.4, -0.2) is 23.4 Å². The molecule has 11 rings (SSSR count). The Bertz CT molecular complexity index is 3140. The predicted octanol–water partition coefficient (Wildman–Crippen LogP) is 11.8. The highest BCUT2D eigenvalue weighted by Crippen LogP contribution is 2.49. The molecule has 258 valence electrons. The molecule has 0 radical (unpaired) electrons. The van der Waals surface area contributed by atoms with Gasteiger partial charge in [-0.1, -0.05) is 66.7 Å². The average Bonchev–Trinajstić information content (AvgIpc) is 3.89. The molecule has 2 aromatic heterocycles. The highest BCUT2D eigenvalue weighted by atomic mass is 16.3. The van der Waals surface area contributed by atoms with Crippen LogP contribution in [0, 0.1) is 22.7 Å². The van der Waals surface area contributed by atoms with E-state index in [0.29, 0.717) is 17.0 Å². The van der Waals surface area contributed by atoms with E-state index in [1.807, 2.05) is 6.07 Å². The molecule has 0 saturated carbocycles. The Morgan fingerprint density at radius 1 is 0.564 bits per heavy atom. The lowest BCUT2D eigenvalue weighted by atomic mass is 9.89. The number of furan rings is 1. The van der Waals surface area contributed by atoms with Crippen molar-refractivity contribution >= 4 is 61.3 Å². The Balaban J connectivity index is 1.03. The molecule has 7 aromatic carbocycles. The first-order chi connectivity index (χ1) is 27.2. The molecule has 2 aliphatic rings. The number of nitrogens with zero attached hydrogens (tertiary/aromatic N) is 5. The van der Waals surface area contributed by atoms with Crippen molar-refractivity contribution < 1.29 is 4.42 Å². The minimum Gasteiger partial charge on any atom is -0.456 e. The maximum absolute atomic E-state index is 9.59. The van der Waals surface area contributed by atoms with Crippen molar-refractivity contribution in [2.24, 2.45) is 4.99 Å². The van der Waals surface area contributed by atoms with E-state index < -0.39 is 0 Å². The lowest BCUT2D eigenvalue weighted by molar-refractivity contribution is 0.600. The van der Waals surface area contributed by atoms with E-state index in [1.54, 1.807) is 12.1 Å². The number of rotatable bonds is 4. The van der Waals surface area contributed by atoms with Crippen LogP contribution in [0.15, 0.2) is 155 Å². The Morgan fingerprint density at radius 2 is 1.29 bits per heavy atom. The van der Waals surface area contributed by atoms with Gasteiger partial charge in [0.1, 0.15) is 23.3 Å². The molecule has 55 heavy (non-hydrogen) atoms. The zero-order valence-corrected chi connectivity index (χ0v) is 29.6. The molecule has 0 fully saturated rings. The number of fused-ring (bicyclic) bond motifs is 9. The van der Waals surface area contributed by atoms with Gasteiger partial charge in [0.25, 0.3) is 0 Å². The van der Waals surface area contributed by atoms with E-state index in [1.165, 1.54) is 22.5 Å². The molecular formula is C49H31N5O. The first-order valence-corrected chi connectivity index (χ1v) is 18.6. The van der Waals surface area contributed by atoms with Crippen LogP contribution >= 0.6 is 0 Å². The molecule has 0 N–H and O–H groups in total. The van der Waals surface area contributed by atoms with Crippen molar-refractivity contribution in [1.29, 1.82) is 10.5 Å².